The van der Waals surface area contributed by atoms with E-state index < -0.39 is 5.60 Å². The number of ether oxygens (including phenoxy) is 1. The molecule has 112 valence electrons. The van der Waals surface area contributed by atoms with E-state index >= 15 is 0 Å². The second kappa shape index (κ2) is 5.73. The fraction of sp³-hybridized carbons (Fsp3) is 0.692. The van der Waals surface area contributed by atoms with Crippen molar-refractivity contribution in [2.24, 2.45) is 7.05 Å². The first-order valence-electron chi connectivity index (χ1n) is 6.67. The number of hydrogen-bond acceptors (Lipinski definition) is 4. The number of nitrogens with zero attached hydrogens (tertiary/aromatic N) is 3. The van der Waals surface area contributed by atoms with Crippen LogP contribution in [-0.4, -0.2) is 46.0 Å². The monoisotopic (exact) mass is 344 g/mol. The third-order valence-electron chi connectivity index (χ3n) is 3.07. The molecule has 2 heterocycles. The highest BCUT2D eigenvalue weighted by Crippen LogP contribution is 2.21. The van der Waals surface area contributed by atoms with Gasteiger partial charge in [-0.1, -0.05) is 0 Å². The van der Waals surface area contributed by atoms with Crippen LogP contribution in [0, 0.1) is 0 Å². The van der Waals surface area contributed by atoms with E-state index in [-0.39, 0.29) is 12.1 Å². The fourth-order valence-electron chi connectivity index (χ4n) is 2.21. The summed E-state index contributed by atoms with van der Waals surface area (Å²) in [6, 6.07) is 2.04. The van der Waals surface area contributed by atoms with Gasteiger partial charge in [0.2, 0.25) is 0 Å². The van der Waals surface area contributed by atoms with Gasteiger partial charge in [0.05, 0.1) is 11.7 Å². The molecule has 1 saturated heterocycles. The third-order valence-corrected chi connectivity index (χ3v) is 3.46. The van der Waals surface area contributed by atoms with Crippen molar-refractivity contribution in [2.75, 3.05) is 19.6 Å². The van der Waals surface area contributed by atoms with Crippen LogP contribution >= 0.6 is 15.9 Å². The summed E-state index contributed by atoms with van der Waals surface area (Å²) in [6.45, 7) is 7.62. The highest BCUT2D eigenvalue weighted by molar-refractivity contribution is 9.10. The number of carbonyl (C=O) groups is 1. The summed E-state index contributed by atoms with van der Waals surface area (Å²) in [5.74, 6) is 0. The summed E-state index contributed by atoms with van der Waals surface area (Å²) >= 11 is 3.37. The first kappa shape index (κ1) is 15.3. The van der Waals surface area contributed by atoms with Crippen LogP contribution in [0.1, 0.15) is 32.5 Å². The standard InChI is InChI=1S/C13H21BrN4O2/c1-13(2,3)20-12(19)18-6-5-15-9(8-18)10-7-11(14)16-17(10)4/h7,9,15H,5-6,8H2,1-4H3. The number of aromatic nitrogens is 2. The van der Waals surface area contributed by atoms with Crippen molar-refractivity contribution in [3.63, 3.8) is 0 Å². The SMILES string of the molecule is Cn1nc(Br)cc1C1CN(C(=O)OC(C)(C)C)CCN1. The van der Waals surface area contributed by atoms with Crippen LogP contribution in [0.25, 0.3) is 0 Å². The highest BCUT2D eigenvalue weighted by Gasteiger charge is 2.29. The number of rotatable bonds is 1. The lowest BCUT2D eigenvalue weighted by Crippen LogP contribution is -2.50. The molecule has 1 N–H and O–H groups in total. The Hall–Kier alpha value is -1.08. The molecule has 1 amide bonds. The first-order valence-corrected chi connectivity index (χ1v) is 7.46. The van der Waals surface area contributed by atoms with Gasteiger partial charge in [-0.15, -0.1) is 0 Å². The Bertz CT molecular complexity index is 495. The second-order valence-electron chi connectivity index (χ2n) is 5.95. The van der Waals surface area contributed by atoms with Crippen LogP contribution in [0.3, 0.4) is 0 Å². The van der Waals surface area contributed by atoms with Crippen molar-refractivity contribution in [3.8, 4) is 0 Å². The van der Waals surface area contributed by atoms with Gasteiger partial charge in [-0.25, -0.2) is 4.79 Å². The molecule has 0 aliphatic carbocycles. The zero-order valence-electron chi connectivity index (χ0n) is 12.3. The molecule has 0 saturated carbocycles. The summed E-state index contributed by atoms with van der Waals surface area (Å²) in [6.07, 6.45) is -0.259. The lowest BCUT2D eigenvalue weighted by molar-refractivity contribution is 0.0192. The van der Waals surface area contributed by atoms with Crippen LogP contribution in [0.4, 0.5) is 4.79 Å². The van der Waals surface area contributed by atoms with Gasteiger partial charge in [0.1, 0.15) is 10.2 Å². The van der Waals surface area contributed by atoms with E-state index in [1.165, 1.54) is 0 Å². The molecule has 1 atom stereocenters. The summed E-state index contributed by atoms with van der Waals surface area (Å²) in [5, 5.41) is 7.68. The van der Waals surface area contributed by atoms with Gasteiger partial charge in [-0.05, 0) is 42.8 Å². The quantitative estimate of drug-likeness (QED) is 0.847. The van der Waals surface area contributed by atoms with E-state index in [2.05, 4.69) is 26.3 Å². The number of nitrogens with one attached hydrogen (secondary N) is 1. The summed E-state index contributed by atoms with van der Waals surface area (Å²) in [4.78, 5) is 13.9. The maximum absolute atomic E-state index is 12.1. The van der Waals surface area contributed by atoms with E-state index in [1.807, 2.05) is 38.6 Å². The predicted octanol–water partition coefficient (Wildman–Crippen LogP) is 2.06. The second-order valence-corrected chi connectivity index (χ2v) is 6.76. The maximum Gasteiger partial charge on any atom is 0.410 e. The van der Waals surface area contributed by atoms with Crippen molar-refractivity contribution in [1.29, 1.82) is 0 Å². The molecule has 1 aliphatic heterocycles. The number of halogens is 1. The highest BCUT2D eigenvalue weighted by atomic mass is 79.9. The number of carbonyl (C=O) groups excluding carboxylic acids is 1. The van der Waals surface area contributed by atoms with E-state index in [0.29, 0.717) is 13.1 Å². The predicted molar refractivity (Wildman–Crippen MR) is 79.5 cm³/mol. The van der Waals surface area contributed by atoms with Gasteiger partial charge >= 0.3 is 6.09 Å². The van der Waals surface area contributed by atoms with Crippen molar-refractivity contribution in [3.05, 3.63) is 16.4 Å². The molecule has 1 fully saturated rings. The topological polar surface area (TPSA) is 59.4 Å². The molecule has 0 aromatic carbocycles. The van der Waals surface area contributed by atoms with Crippen molar-refractivity contribution < 1.29 is 9.53 Å². The molecule has 0 radical (unpaired) electrons. The van der Waals surface area contributed by atoms with Gasteiger partial charge < -0.3 is 15.0 Å². The van der Waals surface area contributed by atoms with E-state index in [9.17, 15) is 4.79 Å². The Kier molecular flexibility index (Phi) is 4.39. The average Bonchev–Trinajstić information content (AvgIpc) is 2.66. The van der Waals surface area contributed by atoms with E-state index in [1.54, 1.807) is 4.90 Å². The molecule has 20 heavy (non-hydrogen) atoms. The summed E-state index contributed by atoms with van der Waals surface area (Å²) in [7, 11) is 1.90. The van der Waals surface area contributed by atoms with E-state index in [0.717, 1.165) is 16.8 Å². The summed E-state index contributed by atoms with van der Waals surface area (Å²) < 4.78 is 8.04. The number of piperazine rings is 1. The largest absolute Gasteiger partial charge is 0.444 e. The minimum Gasteiger partial charge on any atom is -0.444 e. The molecule has 1 unspecified atom stereocenters. The molecule has 1 aromatic rings. The Balaban J connectivity index is 2.05. The third kappa shape index (κ3) is 3.73. The van der Waals surface area contributed by atoms with Crippen LogP contribution in [0.2, 0.25) is 0 Å². The van der Waals surface area contributed by atoms with Crippen molar-refractivity contribution in [1.82, 2.24) is 20.0 Å². The Morgan fingerprint density at radius 3 is 2.80 bits per heavy atom. The van der Waals surface area contributed by atoms with Crippen molar-refractivity contribution in [2.45, 2.75) is 32.4 Å². The lowest BCUT2D eigenvalue weighted by atomic mass is 10.1. The maximum atomic E-state index is 12.1. The molecule has 1 aliphatic rings. The molecule has 6 nitrogen and oxygen atoms in total. The Morgan fingerprint density at radius 2 is 2.25 bits per heavy atom. The minimum absolute atomic E-state index is 0.0695. The molecule has 0 spiro atoms. The zero-order valence-corrected chi connectivity index (χ0v) is 13.9. The molecule has 0 bridgehead atoms. The van der Waals surface area contributed by atoms with Gasteiger partial charge in [-0.2, -0.15) is 5.10 Å². The van der Waals surface area contributed by atoms with Crippen LogP contribution in [-0.2, 0) is 11.8 Å². The van der Waals surface area contributed by atoms with Crippen molar-refractivity contribution >= 4 is 22.0 Å². The number of hydrogen-bond donors (Lipinski definition) is 1. The van der Waals surface area contributed by atoms with Gasteiger partial charge in [-0.3, -0.25) is 4.68 Å². The van der Waals surface area contributed by atoms with Crippen LogP contribution in [0.5, 0.6) is 0 Å². The van der Waals surface area contributed by atoms with Crippen LogP contribution in [0.15, 0.2) is 10.7 Å². The average molecular weight is 345 g/mol. The fourth-order valence-corrected chi connectivity index (χ4v) is 2.68. The Labute approximate surface area is 127 Å². The van der Waals surface area contributed by atoms with Gasteiger partial charge in [0.15, 0.2) is 0 Å². The normalized spacial score (nSPS) is 20.1. The lowest BCUT2D eigenvalue weighted by Gasteiger charge is -2.34. The molecular formula is C13H21BrN4O2. The van der Waals surface area contributed by atoms with E-state index in [4.69, 9.17) is 4.74 Å². The van der Waals surface area contributed by atoms with Crippen LogP contribution < -0.4 is 5.32 Å². The van der Waals surface area contributed by atoms with Gasteiger partial charge in [0, 0.05) is 26.7 Å². The van der Waals surface area contributed by atoms with Gasteiger partial charge in [0.25, 0.3) is 0 Å². The number of aryl methyl sites for hydroxylation is 1. The molecule has 2 rings (SSSR count). The molecular weight excluding hydrogens is 324 g/mol. The zero-order chi connectivity index (χ0) is 14.9. The minimum atomic E-state index is -0.465. The summed E-state index contributed by atoms with van der Waals surface area (Å²) in [5.41, 5.74) is 0.581. The molecule has 7 heteroatoms. The Morgan fingerprint density at radius 1 is 1.55 bits per heavy atom. The number of amides is 1. The smallest absolute Gasteiger partial charge is 0.410 e. The first-order chi connectivity index (χ1) is 9.26. The molecule has 1 aromatic heterocycles.